The monoisotopic (exact) mass is 250 g/mol. The van der Waals surface area contributed by atoms with Crippen LogP contribution in [0.15, 0.2) is 30.3 Å². The van der Waals surface area contributed by atoms with Gasteiger partial charge >= 0.3 is 0 Å². The van der Waals surface area contributed by atoms with Crippen molar-refractivity contribution in [3.63, 3.8) is 0 Å². The number of hydrogen-bond donors (Lipinski definition) is 0. The summed E-state index contributed by atoms with van der Waals surface area (Å²) in [6.45, 7) is 2.34. The molecule has 0 amide bonds. The van der Waals surface area contributed by atoms with E-state index in [0.29, 0.717) is 13.0 Å². The van der Waals surface area contributed by atoms with Crippen molar-refractivity contribution < 1.29 is 19.0 Å². The van der Waals surface area contributed by atoms with Gasteiger partial charge in [-0.05, 0) is 12.5 Å². The molecular formula is C14H18O4. The Morgan fingerprint density at radius 1 is 1.44 bits per heavy atom. The van der Waals surface area contributed by atoms with E-state index in [1.165, 1.54) is 0 Å². The van der Waals surface area contributed by atoms with Gasteiger partial charge in [-0.1, -0.05) is 30.3 Å². The average molecular weight is 250 g/mol. The van der Waals surface area contributed by atoms with Gasteiger partial charge in [0.25, 0.3) is 0 Å². The molecule has 1 aromatic carbocycles. The molecule has 98 valence electrons. The van der Waals surface area contributed by atoms with Crippen molar-refractivity contribution in [2.45, 2.75) is 37.9 Å². The number of benzene rings is 1. The summed E-state index contributed by atoms with van der Waals surface area (Å²) in [5.41, 5.74) is 0.447. The van der Waals surface area contributed by atoms with Crippen LogP contribution in [0, 0.1) is 0 Å². The number of rotatable bonds is 5. The number of ether oxygens (including phenoxy) is 3. The summed E-state index contributed by atoms with van der Waals surface area (Å²) in [6.07, 6.45) is 0.385. The van der Waals surface area contributed by atoms with Crippen molar-refractivity contribution in [3.8, 4) is 0 Å². The maximum atomic E-state index is 11.0. The molecule has 3 atom stereocenters. The fraction of sp³-hybridized carbons (Fsp3) is 0.500. The third-order valence-corrected chi connectivity index (χ3v) is 3.27. The second-order valence-electron chi connectivity index (χ2n) is 4.65. The molecule has 0 bridgehead atoms. The van der Waals surface area contributed by atoms with Crippen LogP contribution in [0.4, 0.5) is 0 Å². The van der Waals surface area contributed by atoms with Crippen LogP contribution in [-0.4, -0.2) is 31.4 Å². The maximum absolute atomic E-state index is 11.0. The molecule has 4 nitrogen and oxygen atoms in total. The first-order valence-corrected chi connectivity index (χ1v) is 5.99. The zero-order chi connectivity index (χ0) is 13.0. The highest BCUT2D eigenvalue weighted by Gasteiger charge is 2.46. The number of carbonyl (C=O) groups excluding carboxylic acids is 1. The SMILES string of the molecule is CO[C@@H]1C[C@@](C)(OCc2ccccc2)[C@@H](C=O)O1. The molecule has 0 spiro atoms. The van der Waals surface area contributed by atoms with Crippen LogP contribution in [0.5, 0.6) is 0 Å². The van der Waals surface area contributed by atoms with Gasteiger partial charge in [0, 0.05) is 13.5 Å². The van der Waals surface area contributed by atoms with Crippen molar-refractivity contribution in [1.82, 2.24) is 0 Å². The summed E-state index contributed by atoms with van der Waals surface area (Å²) < 4.78 is 16.5. The van der Waals surface area contributed by atoms with Crippen molar-refractivity contribution in [1.29, 1.82) is 0 Å². The quantitative estimate of drug-likeness (QED) is 0.749. The van der Waals surface area contributed by atoms with Gasteiger partial charge in [-0.3, -0.25) is 0 Å². The molecule has 0 aromatic heterocycles. The van der Waals surface area contributed by atoms with Crippen molar-refractivity contribution in [2.24, 2.45) is 0 Å². The van der Waals surface area contributed by atoms with E-state index in [1.54, 1.807) is 7.11 Å². The summed E-state index contributed by atoms with van der Waals surface area (Å²) in [6, 6.07) is 9.85. The van der Waals surface area contributed by atoms with E-state index in [2.05, 4.69) is 0 Å². The van der Waals surface area contributed by atoms with Gasteiger partial charge < -0.3 is 19.0 Å². The Bertz CT molecular complexity index is 392. The van der Waals surface area contributed by atoms with Crippen molar-refractivity contribution >= 4 is 6.29 Å². The van der Waals surface area contributed by atoms with E-state index < -0.39 is 11.7 Å². The molecule has 1 aromatic rings. The van der Waals surface area contributed by atoms with E-state index in [1.807, 2.05) is 37.3 Å². The predicted molar refractivity (Wildman–Crippen MR) is 66.0 cm³/mol. The van der Waals surface area contributed by atoms with Crippen LogP contribution in [-0.2, 0) is 25.6 Å². The van der Waals surface area contributed by atoms with E-state index in [0.717, 1.165) is 11.8 Å². The van der Waals surface area contributed by atoms with Gasteiger partial charge in [0.2, 0.25) is 0 Å². The molecule has 18 heavy (non-hydrogen) atoms. The first kappa shape index (κ1) is 13.2. The average Bonchev–Trinajstić information content (AvgIpc) is 2.75. The highest BCUT2D eigenvalue weighted by atomic mass is 16.7. The zero-order valence-electron chi connectivity index (χ0n) is 10.7. The molecule has 1 heterocycles. The molecule has 0 radical (unpaired) electrons. The summed E-state index contributed by atoms with van der Waals surface area (Å²) in [4.78, 5) is 11.0. The van der Waals surface area contributed by atoms with Gasteiger partial charge in [0.1, 0.15) is 11.7 Å². The lowest BCUT2D eigenvalue weighted by Crippen LogP contribution is -2.38. The van der Waals surface area contributed by atoms with E-state index >= 15 is 0 Å². The number of aldehydes is 1. The molecule has 4 heteroatoms. The van der Waals surface area contributed by atoms with E-state index in [9.17, 15) is 4.79 Å². The summed E-state index contributed by atoms with van der Waals surface area (Å²) >= 11 is 0. The summed E-state index contributed by atoms with van der Waals surface area (Å²) in [5, 5.41) is 0. The largest absolute Gasteiger partial charge is 0.367 e. The smallest absolute Gasteiger partial charge is 0.161 e. The molecule has 1 saturated heterocycles. The van der Waals surface area contributed by atoms with Gasteiger partial charge in [-0.2, -0.15) is 0 Å². The molecule has 1 aliphatic rings. The van der Waals surface area contributed by atoms with Crippen LogP contribution in [0.25, 0.3) is 0 Å². The zero-order valence-corrected chi connectivity index (χ0v) is 10.7. The lowest BCUT2D eigenvalue weighted by Gasteiger charge is -2.26. The molecule has 0 unspecified atom stereocenters. The molecule has 0 N–H and O–H groups in total. The second-order valence-corrected chi connectivity index (χ2v) is 4.65. The lowest BCUT2D eigenvalue weighted by atomic mass is 9.98. The Kier molecular flexibility index (Phi) is 4.11. The fourth-order valence-corrected chi connectivity index (χ4v) is 2.08. The fourth-order valence-electron chi connectivity index (χ4n) is 2.08. The molecule has 1 aliphatic heterocycles. The minimum atomic E-state index is -0.627. The highest BCUT2D eigenvalue weighted by molar-refractivity contribution is 5.59. The Hall–Kier alpha value is -1.23. The van der Waals surface area contributed by atoms with Crippen LogP contribution in [0.1, 0.15) is 18.9 Å². The minimum absolute atomic E-state index is 0.374. The molecule has 1 fully saturated rings. The van der Waals surface area contributed by atoms with Gasteiger partial charge in [-0.25, -0.2) is 0 Å². The van der Waals surface area contributed by atoms with Crippen molar-refractivity contribution in [2.75, 3.05) is 7.11 Å². The molecule has 2 rings (SSSR count). The highest BCUT2D eigenvalue weighted by Crippen LogP contribution is 2.33. The standard InChI is InChI=1S/C14H18O4/c1-14(8-13(16-2)18-12(14)9-15)17-10-11-6-4-3-5-7-11/h3-7,9,12-13H,8,10H2,1-2H3/t12-,13+,14-/m1/s1. The third-order valence-electron chi connectivity index (χ3n) is 3.27. The topological polar surface area (TPSA) is 44.8 Å². The molecule has 0 aliphatic carbocycles. The maximum Gasteiger partial charge on any atom is 0.161 e. The van der Waals surface area contributed by atoms with Crippen LogP contribution in [0.3, 0.4) is 0 Å². The molecular weight excluding hydrogens is 232 g/mol. The second kappa shape index (κ2) is 5.61. The van der Waals surface area contributed by atoms with Crippen LogP contribution >= 0.6 is 0 Å². The van der Waals surface area contributed by atoms with Crippen LogP contribution < -0.4 is 0 Å². The van der Waals surface area contributed by atoms with Gasteiger partial charge in [0.15, 0.2) is 12.6 Å². The van der Waals surface area contributed by atoms with E-state index in [4.69, 9.17) is 14.2 Å². The number of carbonyl (C=O) groups is 1. The Morgan fingerprint density at radius 3 is 2.78 bits per heavy atom. The summed E-state index contributed by atoms with van der Waals surface area (Å²) in [7, 11) is 1.56. The van der Waals surface area contributed by atoms with Crippen LogP contribution in [0.2, 0.25) is 0 Å². The number of methoxy groups -OCH3 is 1. The Labute approximate surface area is 107 Å². The Morgan fingerprint density at radius 2 is 2.17 bits per heavy atom. The first-order valence-electron chi connectivity index (χ1n) is 5.99. The van der Waals surface area contributed by atoms with Gasteiger partial charge in [0.05, 0.1) is 6.61 Å². The van der Waals surface area contributed by atoms with Gasteiger partial charge in [-0.15, -0.1) is 0 Å². The minimum Gasteiger partial charge on any atom is -0.367 e. The molecule has 0 saturated carbocycles. The summed E-state index contributed by atoms with van der Waals surface area (Å²) in [5.74, 6) is 0. The van der Waals surface area contributed by atoms with E-state index in [-0.39, 0.29) is 6.29 Å². The van der Waals surface area contributed by atoms with Crippen molar-refractivity contribution in [3.05, 3.63) is 35.9 Å². The third kappa shape index (κ3) is 2.77. The predicted octanol–water partition coefficient (Wildman–Crippen LogP) is 1.92. The first-order chi connectivity index (χ1) is 8.68. The Balaban J connectivity index is 2.00. The normalized spacial score (nSPS) is 31.4. The number of hydrogen-bond acceptors (Lipinski definition) is 4. The lowest BCUT2D eigenvalue weighted by molar-refractivity contribution is -0.147.